The van der Waals surface area contributed by atoms with Gasteiger partial charge in [0.05, 0.1) is 13.5 Å². The van der Waals surface area contributed by atoms with Crippen LogP contribution in [-0.2, 0) is 17.6 Å². The molecule has 1 N–H and O–H groups in total. The Balaban J connectivity index is 1.71. The van der Waals surface area contributed by atoms with Crippen molar-refractivity contribution in [3.8, 4) is 5.75 Å². The number of para-hydroxylation sites is 1. The Morgan fingerprint density at radius 2 is 2.09 bits per heavy atom. The summed E-state index contributed by atoms with van der Waals surface area (Å²) in [6, 6.07) is 13.7. The smallest absolute Gasteiger partial charge is 0.228 e. The summed E-state index contributed by atoms with van der Waals surface area (Å²) >= 11 is 0. The molecule has 0 atom stereocenters. The number of nitrogens with one attached hydrogen (secondary N) is 1. The van der Waals surface area contributed by atoms with Crippen molar-refractivity contribution in [2.24, 2.45) is 0 Å². The Bertz CT molecular complexity index is 697. The topological polar surface area (TPSA) is 41.6 Å². The Kier molecular flexibility index (Phi) is 4.00. The second kappa shape index (κ2) is 6.10. The van der Waals surface area contributed by atoms with E-state index in [1.165, 1.54) is 11.3 Å². The Hall–Kier alpha value is -2.49. The van der Waals surface area contributed by atoms with Gasteiger partial charge in [0, 0.05) is 30.5 Å². The molecule has 0 spiro atoms. The molecule has 0 aromatic heterocycles. The van der Waals surface area contributed by atoms with E-state index in [1.807, 2.05) is 36.4 Å². The van der Waals surface area contributed by atoms with Crippen LogP contribution in [0.5, 0.6) is 5.75 Å². The molecule has 0 fully saturated rings. The summed E-state index contributed by atoms with van der Waals surface area (Å²) in [7, 11) is 3.69. The van der Waals surface area contributed by atoms with Crippen molar-refractivity contribution in [3.63, 3.8) is 0 Å². The molecule has 0 saturated carbocycles. The first-order valence-electron chi connectivity index (χ1n) is 7.43. The third-order valence-corrected chi connectivity index (χ3v) is 4.04. The molecule has 1 heterocycles. The molecule has 22 heavy (non-hydrogen) atoms. The second-order valence-electron chi connectivity index (χ2n) is 5.55. The number of likely N-dealkylation sites (N-methyl/N-ethyl adjacent to an activating group) is 1. The van der Waals surface area contributed by atoms with Crippen LogP contribution in [-0.4, -0.2) is 26.6 Å². The van der Waals surface area contributed by atoms with Gasteiger partial charge in [-0.2, -0.15) is 0 Å². The van der Waals surface area contributed by atoms with E-state index in [1.54, 1.807) is 7.11 Å². The lowest BCUT2D eigenvalue weighted by molar-refractivity contribution is -0.115. The summed E-state index contributed by atoms with van der Waals surface area (Å²) in [6.45, 7) is 1.04. The molecule has 1 amide bonds. The van der Waals surface area contributed by atoms with Crippen molar-refractivity contribution in [2.75, 3.05) is 30.9 Å². The van der Waals surface area contributed by atoms with Crippen LogP contribution >= 0.6 is 0 Å². The van der Waals surface area contributed by atoms with Gasteiger partial charge in [-0.25, -0.2) is 0 Å². The molecule has 0 radical (unpaired) electrons. The minimum Gasteiger partial charge on any atom is -0.496 e. The summed E-state index contributed by atoms with van der Waals surface area (Å²) in [5.41, 5.74) is 4.27. The highest BCUT2D eigenvalue weighted by Gasteiger charge is 2.16. The first-order chi connectivity index (χ1) is 10.7. The highest BCUT2D eigenvalue weighted by molar-refractivity contribution is 5.93. The van der Waals surface area contributed by atoms with E-state index in [2.05, 4.69) is 23.3 Å². The Morgan fingerprint density at radius 3 is 2.91 bits per heavy atom. The number of nitrogens with zero attached hydrogens (tertiary/aromatic N) is 1. The summed E-state index contributed by atoms with van der Waals surface area (Å²) < 4.78 is 5.28. The van der Waals surface area contributed by atoms with Crippen molar-refractivity contribution < 1.29 is 9.53 Å². The lowest BCUT2D eigenvalue weighted by atomic mass is 10.1. The van der Waals surface area contributed by atoms with Crippen LogP contribution in [0.25, 0.3) is 0 Å². The molecule has 114 valence electrons. The summed E-state index contributed by atoms with van der Waals surface area (Å²) in [5.74, 6) is 0.705. The van der Waals surface area contributed by atoms with E-state index in [-0.39, 0.29) is 5.91 Å². The molecule has 1 aliphatic rings. The zero-order valence-corrected chi connectivity index (χ0v) is 12.9. The number of ether oxygens (including phenoxy) is 1. The van der Waals surface area contributed by atoms with Gasteiger partial charge in [0.2, 0.25) is 5.91 Å². The number of benzene rings is 2. The van der Waals surface area contributed by atoms with Gasteiger partial charge in [0.25, 0.3) is 0 Å². The van der Waals surface area contributed by atoms with Gasteiger partial charge in [-0.1, -0.05) is 24.3 Å². The standard InChI is InChI=1S/C18H20N2O2/c1-20-10-9-13-7-8-15(12-16(13)20)19-18(21)11-14-5-3-4-6-17(14)22-2/h3-8,12H,9-11H2,1-2H3,(H,19,21). The minimum absolute atomic E-state index is 0.0369. The van der Waals surface area contributed by atoms with Crippen molar-refractivity contribution >= 4 is 17.3 Å². The second-order valence-corrected chi connectivity index (χ2v) is 5.55. The first kappa shape index (κ1) is 14.4. The average molecular weight is 296 g/mol. The van der Waals surface area contributed by atoms with Crippen LogP contribution in [0.1, 0.15) is 11.1 Å². The quantitative estimate of drug-likeness (QED) is 0.943. The summed E-state index contributed by atoms with van der Waals surface area (Å²) in [5, 5.41) is 2.97. The molecule has 4 nitrogen and oxygen atoms in total. The van der Waals surface area contributed by atoms with Gasteiger partial charge in [-0.15, -0.1) is 0 Å². The number of rotatable bonds is 4. The van der Waals surface area contributed by atoms with Gasteiger partial charge in [-0.3, -0.25) is 4.79 Å². The third kappa shape index (κ3) is 2.91. The molecule has 4 heteroatoms. The predicted molar refractivity (Wildman–Crippen MR) is 88.7 cm³/mol. The van der Waals surface area contributed by atoms with E-state index in [0.717, 1.165) is 30.0 Å². The molecule has 0 saturated heterocycles. The van der Waals surface area contributed by atoms with Gasteiger partial charge in [0.1, 0.15) is 5.75 Å². The molecule has 0 aliphatic carbocycles. The van der Waals surface area contributed by atoms with E-state index >= 15 is 0 Å². The summed E-state index contributed by atoms with van der Waals surface area (Å²) in [6.07, 6.45) is 1.37. The van der Waals surface area contributed by atoms with Crippen LogP contribution < -0.4 is 15.0 Å². The number of methoxy groups -OCH3 is 1. The average Bonchev–Trinajstić information content (AvgIpc) is 2.89. The number of carbonyl (C=O) groups is 1. The molecule has 2 aromatic carbocycles. The van der Waals surface area contributed by atoms with Crippen LogP contribution in [0, 0.1) is 0 Å². The van der Waals surface area contributed by atoms with Gasteiger partial charge >= 0.3 is 0 Å². The van der Waals surface area contributed by atoms with Crippen molar-refractivity contribution in [1.82, 2.24) is 0 Å². The van der Waals surface area contributed by atoms with Crippen LogP contribution in [0.15, 0.2) is 42.5 Å². The predicted octanol–water partition coefficient (Wildman–Crippen LogP) is 2.87. The van der Waals surface area contributed by atoms with Gasteiger partial charge in [0.15, 0.2) is 0 Å². The number of anilines is 2. The molecule has 0 unspecified atom stereocenters. The first-order valence-corrected chi connectivity index (χ1v) is 7.43. The fourth-order valence-electron chi connectivity index (χ4n) is 2.84. The minimum atomic E-state index is -0.0369. The number of hydrogen-bond acceptors (Lipinski definition) is 3. The van der Waals surface area contributed by atoms with Crippen LogP contribution in [0.3, 0.4) is 0 Å². The molecule has 1 aliphatic heterocycles. The maximum absolute atomic E-state index is 12.3. The lowest BCUT2D eigenvalue weighted by Gasteiger charge is -2.14. The highest BCUT2D eigenvalue weighted by atomic mass is 16.5. The number of hydrogen-bond donors (Lipinski definition) is 1. The largest absolute Gasteiger partial charge is 0.496 e. The SMILES string of the molecule is COc1ccccc1CC(=O)Nc1ccc2c(c1)N(C)CC2. The lowest BCUT2D eigenvalue weighted by Crippen LogP contribution is -2.16. The summed E-state index contributed by atoms with van der Waals surface area (Å²) in [4.78, 5) is 14.5. The Labute approximate surface area is 130 Å². The van der Waals surface area contributed by atoms with Crippen molar-refractivity contribution in [2.45, 2.75) is 12.8 Å². The van der Waals surface area contributed by atoms with Gasteiger partial charge < -0.3 is 15.0 Å². The Morgan fingerprint density at radius 1 is 1.27 bits per heavy atom. The molecule has 0 bridgehead atoms. The number of fused-ring (bicyclic) bond motifs is 1. The van der Waals surface area contributed by atoms with Crippen molar-refractivity contribution in [3.05, 3.63) is 53.6 Å². The van der Waals surface area contributed by atoms with Gasteiger partial charge in [-0.05, 0) is 30.2 Å². The third-order valence-electron chi connectivity index (χ3n) is 4.04. The fraction of sp³-hybridized carbons (Fsp3) is 0.278. The molecule has 2 aromatic rings. The maximum Gasteiger partial charge on any atom is 0.228 e. The van der Waals surface area contributed by atoms with E-state index in [9.17, 15) is 4.79 Å². The van der Waals surface area contributed by atoms with Crippen LogP contribution in [0.4, 0.5) is 11.4 Å². The highest BCUT2D eigenvalue weighted by Crippen LogP contribution is 2.29. The zero-order chi connectivity index (χ0) is 15.5. The molecule has 3 rings (SSSR count). The zero-order valence-electron chi connectivity index (χ0n) is 12.9. The van der Waals surface area contributed by atoms with Crippen LogP contribution in [0.2, 0.25) is 0 Å². The normalized spacial score (nSPS) is 12.9. The van der Waals surface area contributed by atoms with E-state index < -0.39 is 0 Å². The van der Waals surface area contributed by atoms with E-state index in [0.29, 0.717) is 6.42 Å². The van der Waals surface area contributed by atoms with Crippen molar-refractivity contribution in [1.29, 1.82) is 0 Å². The number of amides is 1. The fourth-order valence-corrected chi connectivity index (χ4v) is 2.84. The monoisotopic (exact) mass is 296 g/mol. The molecular formula is C18H20N2O2. The number of carbonyl (C=O) groups excluding carboxylic acids is 1. The van der Waals surface area contributed by atoms with E-state index in [4.69, 9.17) is 4.74 Å². The molecular weight excluding hydrogens is 276 g/mol. The maximum atomic E-state index is 12.3.